The van der Waals surface area contributed by atoms with Gasteiger partial charge in [-0.3, -0.25) is 4.79 Å². The Kier molecular flexibility index (Phi) is 2.39. The molecule has 1 aliphatic carbocycles. The van der Waals surface area contributed by atoms with Crippen LogP contribution in [0.2, 0.25) is 0 Å². The predicted octanol–water partition coefficient (Wildman–Crippen LogP) is 0.999. The fourth-order valence-electron chi connectivity index (χ4n) is 3.01. The number of carbonyl (C=O) groups is 1. The number of fused-ring (bicyclic) bond motifs is 2. The van der Waals surface area contributed by atoms with Crippen molar-refractivity contribution < 1.29 is 9.90 Å². The summed E-state index contributed by atoms with van der Waals surface area (Å²) >= 11 is 3.65. The van der Waals surface area contributed by atoms with E-state index in [0.29, 0.717) is 18.3 Å². The quantitative estimate of drug-likeness (QED) is 0.716. The number of rotatable bonds is 1. The Bertz CT molecular complexity index is 271. The Labute approximate surface area is 92.6 Å². The number of halogens is 1. The van der Waals surface area contributed by atoms with Crippen LogP contribution >= 0.6 is 15.9 Å². The molecule has 80 valence electrons. The number of aliphatic hydroxyl groups is 1. The number of likely N-dealkylation sites (tertiary alicyclic amines) is 1. The first-order valence-electron chi connectivity index (χ1n) is 5.06. The van der Waals surface area contributed by atoms with E-state index in [2.05, 4.69) is 22.9 Å². The highest BCUT2D eigenvalue weighted by Crippen LogP contribution is 2.52. The monoisotopic (exact) mass is 261 g/mol. The number of hydrogen-bond acceptors (Lipinski definition) is 2. The zero-order chi connectivity index (χ0) is 10.5. The van der Waals surface area contributed by atoms with Gasteiger partial charge in [0.05, 0.1) is 10.9 Å². The number of amides is 1. The van der Waals surface area contributed by atoms with E-state index in [4.69, 9.17) is 0 Å². The summed E-state index contributed by atoms with van der Waals surface area (Å²) in [5.74, 6) is 1.02. The van der Waals surface area contributed by atoms with Crippen molar-refractivity contribution >= 4 is 21.8 Å². The standard InChI is InChI=1S/C10H16BrNO2/c1-6-3-8-10(11,5-13)7(6)4-9(14)12(8)2/h6-8,13H,3-5H2,1-2H3/t6-,7+,8-,10-/m1/s1. The summed E-state index contributed by atoms with van der Waals surface area (Å²) in [5, 5.41) is 9.47. The number of piperidine rings is 1. The molecule has 1 heterocycles. The molecule has 0 unspecified atom stereocenters. The lowest BCUT2D eigenvalue weighted by molar-refractivity contribution is -0.136. The van der Waals surface area contributed by atoms with Gasteiger partial charge in [-0.05, 0) is 18.3 Å². The second-order valence-electron chi connectivity index (χ2n) is 4.63. The highest BCUT2D eigenvalue weighted by atomic mass is 79.9. The Morgan fingerprint density at radius 1 is 1.71 bits per heavy atom. The van der Waals surface area contributed by atoms with E-state index in [1.807, 2.05) is 7.05 Å². The van der Waals surface area contributed by atoms with Crippen LogP contribution in [0, 0.1) is 11.8 Å². The van der Waals surface area contributed by atoms with Crippen LogP contribution in [0.25, 0.3) is 0 Å². The van der Waals surface area contributed by atoms with Crippen LogP contribution < -0.4 is 0 Å². The molecule has 2 aliphatic rings. The molecule has 1 saturated heterocycles. The van der Waals surface area contributed by atoms with Gasteiger partial charge in [-0.25, -0.2) is 0 Å². The Morgan fingerprint density at radius 2 is 2.36 bits per heavy atom. The molecule has 0 radical (unpaired) electrons. The molecule has 0 aromatic heterocycles. The molecule has 2 fully saturated rings. The number of hydrogen-bond donors (Lipinski definition) is 1. The van der Waals surface area contributed by atoms with E-state index in [1.54, 1.807) is 4.90 Å². The molecular weight excluding hydrogens is 246 g/mol. The maximum absolute atomic E-state index is 11.6. The minimum Gasteiger partial charge on any atom is -0.395 e. The van der Waals surface area contributed by atoms with E-state index in [1.165, 1.54) is 0 Å². The van der Waals surface area contributed by atoms with Gasteiger partial charge < -0.3 is 10.0 Å². The molecular formula is C10H16BrNO2. The predicted molar refractivity (Wildman–Crippen MR) is 57.2 cm³/mol. The van der Waals surface area contributed by atoms with Gasteiger partial charge in [0.15, 0.2) is 0 Å². The Balaban J connectivity index is 2.36. The maximum atomic E-state index is 11.6. The summed E-state index contributed by atoms with van der Waals surface area (Å²) in [6, 6.07) is 0.161. The summed E-state index contributed by atoms with van der Waals surface area (Å²) in [4.78, 5) is 13.4. The van der Waals surface area contributed by atoms with E-state index >= 15 is 0 Å². The SMILES string of the molecule is C[C@@H]1C[C@H]2N(C)C(=O)C[C@@H]1[C@]2(Br)CO. The van der Waals surface area contributed by atoms with E-state index in [9.17, 15) is 9.90 Å². The average molecular weight is 262 g/mol. The van der Waals surface area contributed by atoms with Gasteiger partial charge in [0.1, 0.15) is 0 Å². The van der Waals surface area contributed by atoms with Crippen LogP contribution in [0.1, 0.15) is 19.8 Å². The highest BCUT2D eigenvalue weighted by molar-refractivity contribution is 9.10. The van der Waals surface area contributed by atoms with Crippen molar-refractivity contribution in [2.75, 3.05) is 13.7 Å². The van der Waals surface area contributed by atoms with Crippen LogP contribution in [0.15, 0.2) is 0 Å². The van der Waals surface area contributed by atoms with E-state index in [0.717, 1.165) is 6.42 Å². The number of nitrogens with zero attached hydrogens (tertiary/aromatic N) is 1. The maximum Gasteiger partial charge on any atom is 0.222 e. The molecule has 14 heavy (non-hydrogen) atoms. The smallest absolute Gasteiger partial charge is 0.222 e. The molecule has 4 heteroatoms. The zero-order valence-electron chi connectivity index (χ0n) is 8.53. The largest absolute Gasteiger partial charge is 0.395 e. The van der Waals surface area contributed by atoms with Crippen molar-refractivity contribution in [3.8, 4) is 0 Å². The van der Waals surface area contributed by atoms with E-state index < -0.39 is 0 Å². The minimum atomic E-state index is -0.255. The third-order valence-corrected chi connectivity index (χ3v) is 5.32. The molecule has 2 rings (SSSR count). The van der Waals surface area contributed by atoms with Crippen molar-refractivity contribution in [3.63, 3.8) is 0 Å². The molecule has 3 nitrogen and oxygen atoms in total. The normalized spacial score (nSPS) is 47.3. The lowest BCUT2D eigenvalue weighted by Crippen LogP contribution is -2.56. The average Bonchev–Trinajstić information content (AvgIpc) is 2.33. The van der Waals surface area contributed by atoms with Crippen LogP contribution in [0.5, 0.6) is 0 Å². The highest BCUT2D eigenvalue weighted by Gasteiger charge is 2.57. The second kappa shape index (κ2) is 3.20. The molecule has 4 atom stereocenters. The summed E-state index contributed by atoms with van der Waals surface area (Å²) in [6.45, 7) is 2.28. The van der Waals surface area contributed by atoms with Crippen LogP contribution in [-0.4, -0.2) is 39.9 Å². The van der Waals surface area contributed by atoms with Gasteiger partial charge in [0.2, 0.25) is 5.91 Å². The number of carbonyl (C=O) groups excluding carboxylic acids is 1. The molecule has 0 aromatic rings. The third kappa shape index (κ3) is 1.16. The van der Waals surface area contributed by atoms with E-state index in [-0.39, 0.29) is 22.9 Å². The molecule has 1 aliphatic heterocycles. The van der Waals surface area contributed by atoms with Gasteiger partial charge in [0.25, 0.3) is 0 Å². The van der Waals surface area contributed by atoms with Gasteiger partial charge in [-0.1, -0.05) is 22.9 Å². The minimum absolute atomic E-state index is 0.115. The topological polar surface area (TPSA) is 40.5 Å². The van der Waals surface area contributed by atoms with Crippen molar-refractivity contribution in [1.29, 1.82) is 0 Å². The van der Waals surface area contributed by atoms with Crippen LogP contribution in [0.3, 0.4) is 0 Å². The van der Waals surface area contributed by atoms with Gasteiger partial charge in [0, 0.05) is 19.5 Å². The first-order valence-corrected chi connectivity index (χ1v) is 5.85. The second-order valence-corrected chi connectivity index (χ2v) is 6.11. The van der Waals surface area contributed by atoms with Gasteiger partial charge in [-0.15, -0.1) is 0 Å². The molecule has 2 bridgehead atoms. The van der Waals surface area contributed by atoms with Crippen molar-refractivity contribution in [2.45, 2.75) is 30.1 Å². The molecule has 0 spiro atoms. The van der Waals surface area contributed by atoms with Crippen molar-refractivity contribution in [2.24, 2.45) is 11.8 Å². The fraction of sp³-hybridized carbons (Fsp3) is 0.900. The lowest BCUT2D eigenvalue weighted by atomic mass is 9.84. The third-order valence-electron chi connectivity index (χ3n) is 3.95. The molecule has 1 N–H and O–H groups in total. The van der Waals surface area contributed by atoms with Crippen LogP contribution in [-0.2, 0) is 4.79 Å². The molecule has 1 saturated carbocycles. The number of alkyl halides is 1. The molecule has 1 amide bonds. The summed E-state index contributed by atoms with van der Waals surface area (Å²) in [5.41, 5.74) is 0. The summed E-state index contributed by atoms with van der Waals surface area (Å²) in [6.07, 6.45) is 1.57. The van der Waals surface area contributed by atoms with Crippen LogP contribution in [0.4, 0.5) is 0 Å². The Hall–Kier alpha value is -0.0900. The molecule has 0 aromatic carbocycles. The van der Waals surface area contributed by atoms with Crippen molar-refractivity contribution in [1.82, 2.24) is 4.90 Å². The first kappa shape index (κ1) is 10.4. The Morgan fingerprint density at radius 3 is 2.93 bits per heavy atom. The fourth-order valence-corrected chi connectivity index (χ4v) is 4.12. The first-order chi connectivity index (χ1) is 6.50. The zero-order valence-corrected chi connectivity index (χ0v) is 10.1. The summed E-state index contributed by atoms with van der Waals surface area (Å²) in [7, 11) is 1.84. The number of aliphatic hydroxyl groups excluding tert-OH is 1. The van der Waals surface area contributed by atoms with Gasteiger partial charge >= 0.3 is 0 Å². The lowest BCUT2D eigenvalue weighted by Gasteiger charge is -2.43. The summed E-state index contributed by atoms with van der Waals surface area (Å²) < 4.78 is -0.255. The van der Waals surface area contributed by atoms with Crippen molar-refractivity contribution in [3.05, 3.63) is 0 Å². The van der Waals surface area contributed by atoms with Gasteiger partial charge in [-0.2, -0.15) is 0 Å².